The molecule has 12 heavy (non-hydrogen) atoms. The summed E-state index contributed by atoms with van der Waals surface area (Å²) < 4.78 is 38.7. The molecule has 0 spiro atoms. The summed E-state index contributed by atoms with van der Waals surface area (Å²) in [6.07, 6.45) is 0.0496. The lowest BCUT2D eigenvalue weighted by Gasteiger charge is -2.08. The van der Waals surface area contributed by atoms with Crippen LogP contribution in [-0.4, -0.2) is 6.36 Å². The maximum absolute atomic E-state index is 11.7. The molecule has 0 saturated heterocycles. The van der Waals surface area contributed by atoms with Crippen molar-refractivity contribution in [1.29, 1.82) is 0 Å². The molecule has 0 aliphatic rings. The van der Waals surface area contributed by atoms with Crippen LogP contribution in [0.3, 0.4) is 0 Å². The standard InChI is InChI=1S/C8H11F3O/c1-3-5-7(6-4-2)12-8(9,10)11/h3,5-6H,4H2,1-2H3/b5-3-,7-6+. The summed E-state index contributed by atoms with van der Waals surface area (Å²) in [6, 6.07) is 0. The van der Waals surface area contributed by atoms with Crippen molar-refractivity contribution in [3.05, 3.63) is 24.0 Å². The molecule has 0 radical (unpaired) electrons. The van der Waals surface area contributed by atoms with Crippen molar-refractivity contribution in [2.45, 2.75) is 26.6 Å². The fourth-order valence-electron chi connectivity index (χ4n) is 0.643. The van der Waals surface area contributed by atoms with Crippen LogP contribution in [0.15, 0.2) is 24.0 Å². The zero-order valence-electron chi connectivity index (χ0n) is 6.98. The van der Waals surface area contributed by atoms with Crippen molar-refractivity contribution < 1.29 is 17.9 Å². The van der Waals surface area contributed by atoms with Gasteiger partial charge in [0.05, 0.1) is 0 Å². The second-order valence-corrected chi connectivity index (χ2v) is 2.06. The third kappa shape index (κ3) is 5.82. The zero-order chi connectivity index (χ0) is 9.61. The van der Waals surface area contributed by atoms with E-state index in [0.717, 1.165) is 0 Å². The van der Waals surface area contributed by atoms with Gasteiger partial charge in [0.1, 0.15) is 5.76 Å². The van der Waals surface area contributed by atoms with Crippen LogP contribution in [0.1, 0.15) is 20.3 Å². The Bertz CT molecular complexity index is 179. The highest BCUT2D eigenvalue weighted by Crippen LogP contribution is 2.21. The molecule has 0 amide bonds. The number of rotatable bonds is 3. The summed E-state index contributed by atoms with van der Waals surface area (Å²) in [4.78, 5) is 0. The van der Waals surface area contributed by atoms with E-state index < -0.39 is 6.36 Å². The van der Waals surface area contributed by atoms with Crippen LogP contribution < -0.4 is 0 Å². The van der Waals surface area contributed by atoms with E-state index in [1.54, 1.807) is 13.8 Å². The van der Waals surface area contributed by atoms with Gasteiger partial charge >= 0.3 is 6.36 Å². The van der Waals surface area contributed by atoms with Crippen molar-refractivity contribution in [2.24, 2.45) is 0 Å². The van der Waals surface area contributed by atoms with E-state index in [1.807, 2.05) is 0 Å². The molecule has 0 aromatic carbocycles. The van der Waals surface area contributed by atoms with Crippen molar-refractivity contribution in [2.75, 3.05) is 0 Å². The average Bonchev–Trinajstić information content (AvgIpc) is 1.84. The fourth-order valence-corrected chi connectivity index (χ4v) is 0.643. The Morgan fingerprint density at radius 3 is 2.33 bits per heavy atom. The van der Waals surface area contributed by atoms with Gasteiger partial charge in [-0.2, -0.15) is 0 Å². The molecule has 0 rings (SSSR count). The number of alkyl halides is 3. The second kappa shape index (κ2) is 4.85. The Morgan fingerprint density at radius 1 is 1.42 bits per heavy atom. The molecule has 4 heteroatoms. The molecule has 70 valence electrons. The van der Waals surface area contributed by atoms with Gasteiger partial charge in [-0.3, -0.25) is 0 Å². The fraction of sp³-hybridized carbons (Fsp3) is 0.500. The molecule has 0 unspecified atom stereocenters. The molecular weight excluding hydrogens is 169 g/mol. The van der Waals surface area contributed by atoms with Crippen molar-refractivity contribution in [3.63, 3.8) is 0 Å². The molecule has 0 heterocycles. The van der Waals surface area contributed by atoms with E-state index in [0.29, 0.717) is 6.42 Å². The Kier molecular flexibility index (Phi) is 4.47. The average molecular weight is 180 g/mol. The van der Waals surface area contributed by atoms with Crippen molar-refractivity contribution >= 4 is 0 Å². The highest BCUT2D eigenvalue weighted by atomic mass is 19.4. The first kappa shape index (κ1) is 11.1. The van der Waals surface area contributed by atoms with Gasteiger partial charge in [0, 0.05) is 0 Å². The van der Waals surface area contributed by atoms with E-state index in [9.17, 15) is 13.2 Å². The molecule has 0 aliphatic heterocycles. The van der Waals surface area contributed by atoms with Crippen LogP contribution in [0.4, 0.5) is 13.2 Å². The molecule has 0 aliphatic carbocycles. The number of ether oxygens (including phenoxy) is 1. The summed E-state index contributed by atoms with van der Waals surface area (Å²) >= 11 is 0. The number of hydrogen-bond donors (Lipinski definition) is 0. The topological polar surface area (TPSA) is 9.23 Å². The minimum absolute atomic E-state index is 0.160. The normalized spacial score (nSPS) is 13.9. The van der Waals surface area contributed by atoms with Gasteiger partial charge in [-0.25, -0.2) is 0 Å². The van der Waals surface area contributed by atoms with Crippen molar-refractivity contribution in [3.8, 4) is 0 Å². The van der Waals surface area contributed by atoms with Gasteiger partial charge in [0.25, 0.3) is 0 Å². The SMILES string of the molecule is C/C=C\C(=C/CC)OC(F)(F)F. The minimum atomic E-state index is -4.60. The summed E-state index contributed by atoms with van der Waals surface area (Å²) in [5, 5.41) is 0. The molecule has 0 aromatic rings. The summed E-state index contributed by atoms with van der Waals surface area (Å²) in [6.45, 7) is 3.37. The zero-order valence-corrected chi connectivity index (χ0v) is 6.98. The Labute approximate surface area is 69.5 Å². The van der Waals surface area contributed by atoms with Gasteiger partial charge in [0.15, 0.2) is 0 Å². The smallest absolute Gasteiger partial charge is 0.406 e. The highest BCUT2D eigenvalue weighted by molar-refractivity contribution is 5.10. The lowest BCUT2D eigenvalue weighted by atomic mass is 10.3. The highest BCUT2D eigenvalue weighted by Gasteiger charge is 2.31. The Hall–Kier alpha value is -0.930. The van der Waals surface area contributed by atoms with Gasteiger partial charge in [0.2, 0.25) is 0 Å². The predicted octanol–water partition coefficient (Wildman–Crippen LogP) is 3.39. The molecular formula is C8H11F3O. The van der Waals surface area contributed by atoms with Crippen LogP contribution in [0, 0.1) is 0 Å². The van der Waals surface area contributed by atoms with Crippen LogP contribution in [0.2, 0.25) is 0 Å². The van der Waals surface area contributed by atoms with Gasteiger partial charge < -0.3 is 4.74 Å². The molecule has 0 N–H and O–H groups in total. The maximum Gasteiger partial charge on any atom is 0.573 e. The molecule has 0 atom stereocenters. The van der Waals surface area contributed by atoms with Crippen LogP contribution >= 0.6 is 0 Å². The molecule has 0 fully saturated rings. The largest absolute Gasteiger partial charge is 0.573 e. The predicted molar refractivity (Wildman–Crippen MR) is 40.3 cm³/mol. The van der Waals surface area contributed by atoms with Crippen LogP contribution in [0.5, 0.6) is 0 Å². The summed E-state index contributed by atoms with van der Waals surface area (Å²) in [7, 11) is 0. The Balaban J connectivity index is 4.25. The lowest BCUT2D eigenvalue weighted by Crippen LogP contribution is -2.11. The van der Waals surface area contributed by atoms with Crippen LogP contribution in [0.25, 0.3) is 0 Å². The first-order valence-electron chi connectivity index (χ1n) is 3.58. The molecule has 1 nitrogen and oxygen atoms in total. The van der Waals surface area contributed by atoms with Gasteiger partial charge in [-0.05, 0) is 25.5 Å². The number of hydrogen-bond acceptors (Lipinski definition) is 1. The van der Waals surface area contributed by atoms with E-state index in [4.69, 9.17) is 0 Å². The molecule has 0 aromatic heterocycles. The summed E-state index contributed by atoms with van der Waals surface area (Å²) in [5.41, 5.74) is 0. The van der Waals surface area contributed by atoms with E-state index in [-0.39, 0.29) is 5.76 Å². The molecule has 0 saturated carbocycles. The Morgan fingerprint density at radius 2 is 2.00 bits per heavy atom. The summed E-state index contributed by atoms with van der Waals surface area (Å²) in [5.74, 6) is -0.160. The number of halogens is 3. The van der Waals surface area contributed by atoms with E-state index in [2.05, 4.69) is 4.74 Å². The molecule has 0 bridgehead atoms. The monoisotopic (exact) mass is 180 g/mol. The minimum Gasteiger partial charge on any atom is -0.406 e. The third-order valence-electron chi connectivity index (χ3n) is 0.970. The third-order valence-corrected chi connectivity index (χ3v) is 0.970. The van der Waals surface area contributed by atoms with Crippen LogP contribution in [-0.2, 0) is 4.74 Å². The first-order chi connectivity index (χ1) is 5.49. The number of allylic oxidation sites excluding steroid dienone is 3. The second-order valence-electron chi connectivity index (χ2n) is 2.06. The first-order valence-corrected chi connectivity index (χ1v) is 3.58. The maximum atomic E-state index is 11.7. The van der Waals surface area contributed by atoms with Crippen molar-refractivity contribution in [1.82, 2.24) is 0 Å². The van der Waals surface area contributed by atoms with E-state index >= 15 is 0 Å². The lowest BCUT2D eigenvalue weighted by molar-refractivity contribution is -0.303. The van der Waals surface area contributed by atoms with Gasteiger partial charge in [-0.1, -0.05) is 13.0 Å². The van der Waals surface area contributed by atoms with E-state index in [1.165, 1.54) is 18.2 Å². The van der Waals surface area contributed by atoms with Gasteiger partial charge in [-0.15, -0.1) is 13.2 Å². The quantitative estimate of drug-likeness (QED) is 0.477.